The van der Waals surface area contributed by atoms with Crippen molar-refractivity contribution in [3.05, 3.63) is 42.5 Å². The first kappa shape index (κ1) is 10.3. The average molecular weight is 271 g/mol. The van der Waals surface area contributed by atoms with E-state index in [1.165, 1.54) is 6.42 Å². The third kappa shape index (κ3) is 1.22. The summed E-state index contributed by atoms with van der Waals surface area (Å²) in [5.74, 6) is 1.47. The highest BCUT2D eigenvalue weighted by atomic mass is 32.2. The molecule has 4 nitrogen and oxygen atoms in total. The van der Waals surface area contributed by atoms with Crippen molar-refractivity contribution in [1.82, 2.24) is 9.42 Å². The molecular formula is C14H13N3OS. The fraction of sp³-hybridized carbons (Fsp3) is 0.357. The number of rotatable bonds is 1. The van der Waals surface area contributed by atoms with Crippen LogP contribution in [0.15, 0.2) is 42.5 Å². The summed E-state index contributed by atoms with van der Waals surface area (Å²) < 4.78 is 3.98. The first-order valence-electron chi connectivity index (χ1n) is 6.68. The van der Waals surface area contributed by atoms with E-state index in [0.717, 1.165) is 11.6 Å². The van der Waals surface area contributed by atoms with Crippen LogP contribution in [0.4, 0.5) is 10.5 Å². The van der Waals surface area contributed by atoms with Gasteiger partial charge in [0.1, 0.15) is 0 Å². The highest BCUT2D eigenvalue weighted by Gasteiger charge is 2.63. The molecule has 6 rings (SSSR count). The molecule has 19 heavy (non-hydrogen) atoms. The molecule has 1 saturated carbocycles. The molecule has 1 aromatic carbocycles. The molecule has 96 valence electrons. The molecule has 5 heteroatoms. The average Bonchev–Trinajstić information content (AvgIpc) is 3.20. The maximum Gasteiger partial charge on any atom is 0.351 e. The second kappa shape index (κ2) is 3.35. The van der Waals surface area contributed by atoms with E-state index in [0.29, 0.717) is 12.0 Å². The van der Waals surface area contributed by atoms with Crippen molar-refractivity contribution in [3.63, 3.8) is 0 Å². The summed E-state index contributed by atoms with van der Waals surface area (Å²) in [5, 5.41) is 1.95. The molecule has 4 unspecified atom stereocenters. The van der Waals surface area contributed by atoms with E-state index in [1.807, 2.05) is 35.3 Å². The molecule has 0 N–H and O–H groups in total. The summed E-state index contributed by atoms with van der Waals surface area (Å²) in [6.45, 7) is 0. The minimum Gasteiger partial charge on any atom is -0.245 e. The number of carbonyl (C=O) groups is 1. The number of anilines is 1. The monoisotopic (exact) mass is 271 g/mol. The predicted octanol–water partition coefficient (Wildman–Crippen LogP) is 2.67. The van der Waals surface area contributed by atoms with Crippen LogP contribution in [0.3, 0.4) is 0 Å². The number of para-hydroxylation sites is 1. The van der Waals surface area contributed by atoms with E-state index in [1.54, 1.807) is 16.4 Å². The summed E-state index contributed by atoms with van der Waals surface area (Å²) >= 11 is 1.54. The normalized spacial score (nSPS) is 38.6. The molecule has 1 aromatic rings. The van der Waals surface area contributed by atoms with Crippen LogP contribution >= 0.6 is 12.1 Å². The van der Waals surface area contributed by atoms with E-state index < -0.39 is 0 Å². The van der Waals surface area contributed by atoms with Crippen molar-refractivity contribution in [2.24, 2.45) is 11.8 Å². The number of hydrogen-bond donors (Lipinski definition) is 0. The Morgan fingerprint density at radius 1 is 1.05 bits per heavy atom. The van der Waals surface area contributed by atoms with Crippen molar-refractivity contribution in [2.45, 2.75) is 18.5 Å². The van der Waals surface area contributed by atoms with E-state index >= 15 is 0 Å². The highest BCUT2D eigenvalue weighted by molar-refractivity contribution is 7.99. The van der Waals surface area contributed by atoms with Gasteiger partial charge in [-0.05, 0) is 30.4 Å². The van der Waals surface area contributed by atoms with Crippen LogP contribution in [0.2, 0.25) is 0 Å². The van der Waals surface area contributed by atoms with Crippen LogP contribution in [0, 0.1) is 11.8 Å². The molecule has 0 aromatic heterocycles. The molecule has 2 saturated heterocycles. The lowest BCUT2D eigenvalue weighted by Gasteiger charge is -2.43. The maximum atomic E-state index is 12.6. The lowest BCUT2D eigenvalue weighted by molar-refractivity contribution is 0.0205. The van der Waals surface area contributed by atoms with Gasteiger partial charge in [-0.3, -0.25) is 0 Å². The van der Waals surface area contributed by atoms with Gasteiger partial charge in [-0.25, -0.2) is 14.1 Å². The Bertz CT molecular complexity index is 590. The zero-order chi connectivity index (χ0) is 12.6. The van der Waals surface area contributed by atoms with Gasteiger partial charge in [0.15, 0.2) is 0 Å². The summed E-state index contributed by atoms with van der Waals surface area (Å²) in [6, 6.07) is 10.7. The molecule has 0 spiro atoms. The number of urea groups is 1. The van der Waals surface area contributed by atoms with Crippen molar-refractivity contribution in [1.29, 1.82) is 0 Å². The Morgan fingerprint density at radius 2 is 1.79 bits per heavy atom. The third-order valence-corrected chi connectivity index (χ3v) is 5.67. The number of carbonyl (C=O) groups excluding carboxylic acids is 1. The molecule has 0 radical (unpaired) electrons. The van der Waals surface area contributed by atoms with Gasteiger partial charge in [0.05, 0.1) is 29.9 Å². The van der Waals surface area contributed by atoms with Crippen LogP contribution in [0.5, 0.6) is 0 Å². The van der Waals surface area contributed by atoms with Crippen LogP contribution < -0.4 is 4.31 Å². The minimum atomic E-state index is 0.0981. The van der Waals surface area contributed by atoms with Crippen LogP contribution in [-0.2, 0) is 0 Å². The Kier molecular flexibility index (Phi) is 1.82. The van der Waals surface area contributed by atoms with E-state index in [4.69, 9.17) is 0 Å². The number of hydrazine groups is 1. The standard InChI is InChI=1S/C14H13N3OS/c18-14-15-12-6-7-13(11-8-10(11)12)17(15)19-16(14)9-4-2-1-3-5-9/h1-7,10-13H,8H2. The molecule has 2 bridgehead atoms. The van der Waals surface area contributed by atoms with Crippen molar-refractivity contribution < 1.29 is 4.79 Å². The molecule has 3 fully saturated rings. The molecule has 2 amide bonds. The SMILES string of the molecule is O=C1N(c2ccccc2)SN2C3C=CC(C4CC43)N12. The molecule has 3 heterocycles. The van der Waals surface area contributed by atoms with Gasteiger partial charge in [-0.1, -0.05) is 30.4 Å². The fourth-order valence-electron chi connectivity index (χ4n) is 3.55. The van der Waals surface area contributed by atoms with E-state index in [-0.39, 0.29) is 12.1 Å². The number of nitrogens with zero attached hydrogens (tertiary/aromatic N) is 3. The molecular weight excluding hydrogens is 258 g/mol. The number of benzene rings is 1. The van der Waals surface area contributed by atoms with Gasteiger partial charge in [-0.2, -0.15) is 0 Å². The summed E-state index contributed by atoms with van der Waals surface area (Å²) in [4.78, 5) is 12.6. The second-order valence-electron chi connectivity index (χ2n) is 5.57. The lowest BCUT2D eigenvalue weighted by atomic mass is 9.96. The number of amides is 2. The van der Waals surface area contributed by atoms with Gasteiger partial charge in [-0.15, -0.1) is 4.41 Å². The van der Waals surface area contributed by atoms with Gasteiger partial charge in [0.2, 0.25) is 0 Å². The summed E-state index contributed by atoms with van der Waals surface area (Å²) in [7, 11) is 0. The Balaban J connectivity index is 1.54. The Morgan fingerprint density at radius 3 is 2.63 bits per heavy atom. The fourth-order valence-corrected chi connectivity index (χ4v) is 4.68. The Labute approximate surface area is 115 Å². The van der Waals surface area contributed by atoms with Crippen LogP contribution in [0.1, 0.15) is 6.42 Å². The second-order valence-corrected chi connectivity index (χ2v) is 6.47. The smallest absolute Gasteiger partial charge is 0.245 e. The lowest BCUT2D eigenvalue weighted by Crippen LogP contribution is -2.56. The van der Waals surface area contributed by atoms with Crippen LogP contribution in [0.25, 0.3) is 0 Å². The van der Waals surface area contributed by atoms with E-state index in [2.05, 4.69) is 16.6 Å². The van der Waals surface area contributed by atoms with Crippen molar-refractivity contribution >= 4 is 23.9 Å². The first-order valence-corrected chi connectivity index (χ1v) is 7.41. The molecule has 4 atom stereocenters. The van der Waals surface area contributed by atoms with Crippen LogP contribution in [-0.4, -0.2) is 27.5 Å². The highest BCUT2D eigenvalue weighted by Crippen LogP contribution is 2.58. The minimum absolute atomic E-state index is 0.0981. The zero-order valence-corrected chi connectivity index (χ0v) is 11.0. The topological polar surface area (TPSA) is 26.8 Å². The predicted molar refractivity (Wildman–Crippen MR) is 73.9 cm³/mol. The largest absolute Gasteiger partial charge is 0.351 e. The Hall–Kier alpha value is -1.46. The van der Waals surface area contributed by atoms with Gasteiger partial charge in [0.25, 0.3) is 0 Å². The summed E-state index contributed by atoms with van der Waals surface area (Å²) in [6.07, 6.45) is 5.78. The van der Waals surface area contributed by atoms with Gasteiger partial charge < -0.3 is 0 Å². The zero-order valence-electron chi connectivity index (χ0n) is 10.2. The van der Waals surface area contributed by atoms with E-state index in [9.17, 15) is 4.79 Å². The molecule has 2 aliphatic carbocycles. The molecule has 3 aliphatic heterocycles. The maximum absolute atomic E-state index is 12.6. The van der Waals surface area contributed by atoms with Crippen molar-refractivity contribution in [2.75, 3.05) is 4.31 Å². The van der Waals surface area contributed by atoms with Crippen molar-refractivity contribution in [3.8, 4) is 0 Å². The third-order valence-electron chi connectivity index (χ3n) is 4.55. The first-order chi connectivity index (χ1) is 9.34. The number of hydrogen-bond acceptors (Lipinski definition) is 3. The van der Waals surface area contributed by atoms with Gasteiger partial charge in [0, 0.05) is 0 Å². The molecule has 5 aliphatic rings. The quantitative estimate of drug-likeness (QED) is 0.580. The summed E-state index contributed by atoms with van der Waals surface area (Å²) in [5.41, 5.74) is 0.958. The van der Waals surface area contributed by atoms with Gasteiger partial charge >= 0.3 is 6.03 Å².